The highest BCUT2D eigenvalue weighted by atomic mass is 16.5. The first-order valence-electron chi connectivity index (χ1n) is 9.07. The summed E-state index contributed by atoms with van der Waals surface area (Å²) in [7, 11) is 1.34. The average molecular weight is 390 g/mol. The van der Waals surface area contributed by atoms with Crippen LogP contribution in [0.4, 0.5) is 0 Å². The maximum atomic E-state index is 12.6. The van der Waals surface area contributed by atoms with Crippen LogP contribution in [-0.4, -0.2) is 41.2 Å². The van der Waals surface area contributed by atoms with E-state index in [0.29, 0.717) is 29.3 Å². The monoisotopic (exact) mass is 390 g/mol. The Morgan fingerprint density at radius 1 is 1.21 bits per heavy atom. The maximum absolute atomic E-state index is 12.6. The molecule has 2 aromatic rings. The maximum Gasteiger partial charge on any atom is 0.344 e. The third-order valence-corrected chi connectivity index (χ3v) is 4.59. The Labute approximate surface area is 163 Å². The van der Waals surface area contributed by atoms with E-state index in [-0.39, 0.29) is 36.3 Å². The van der Waals surface area contributed by atoms with Crippen LogP contribution in [-0.2, 0) is 20.8 Å². The van der Waals surface area contributed by atoms with Crippen molar-refractivity contribution >= 4 is 17.7 Å². The Hall–Kier alpha value is -2.90. The molecule has 0 saturated heterocycles. The van der Waals surface area contributed by atoms with Crippen molar-refractivity contribution in [2.45, 2.75) is 53.5 Å². The second-order valence-corrected chi connectivity index (χ2v) is 6.92. The molecule has 2 rings (SSSR count). The number of nitrogens with zero attached hydrogens (tertiary/aromatic N) is 2. The van der Waals surface area contributed by atoms with Crippen LogP contribution >= 0.6 is 0 Å². The molecular weight excluding hydrogens is 364 g/mol. The Kier molecular flexibility index (Phi) is 6.77. The molecule has 0 radical (unpaired) electrons. The molecule has 0 bridgehead atoms. The summed E-state index contributed by atoms with van der Waals surface area (Å²) in [6.07, 6.45) is 0.209. The average Bonchev–Trinajstić information content (AvgIpc) is 3.17. The van der Waals surface area contributed by atoms with Gasteiger partial charge in [0.15, 0.2) is 12.4 Å². The van der Waals surface area contributed by atoms with Gasteiger partial charge in [-0.25, -0.2) is 4.79 Å². The van der Waals surface area contributed by atoms with Crippen LogP contribution in [0.1, 0.15) is 69.7 Å². The van der Waals surface area contributed by atoms with Crippen molar-refractivity contribution < 1.29 is 28.4 Å². The summed E-state index contributed by atoms with van der Waals surface area (Å²) < 4.78 is 16.9. The molecule has 2 heterocycles. The van der Waals surface area contributed by atoms with E-state index in [2.05, 4.69) is 9.89 Å². The number of hydrogen-bond acceptors (Lipinski definition) is 7. The quantitative estimate of drug-likeness (QED) is 0.504. The Morgan fingerprint density at radius 2 is 1.89 bits per heavy atom. The van der Waals surface area contributed by atoms with Crippen molar-refractivity contribution in [1.82, 2.24) is 9.72 Å². The topological polar surface area (TPSA) is 101 Å². The fourth-order valence-electron chi connectivity index (χ4n) is 3.04. The summed E-state index contributed by atoms with van der Waals surface area (Å²) in [6, 6.07) is 1.73. The minimum Gasteiger partial charge on any atom is -0.469 e. The molecule has 0 atom stereocenters. The lowest BCUT2D eigenvalue weighted by Gasteiger charge is -2.09. The Balaban J connectivity index is 2.09. The number of hydrogen-bond donors (Lipinski definition) is 0. The molecule has 8 nitrogen and oxygen atoms in total. The van der Waals surface area contributed by atoms with Gasteiger partial charge in [-0.1, -0.05) is 19.0 Å². The van der Waals surface area contributed by atoms with E-state index in [4.69, 9.17) is 9.26 Å². The van der Waals surface area contributed by atoms with Crippen LogP contribution < -0.4 is 0 Å². The first-order valence-corrected chi connectivity index (χ1v) is 9.07. The molecule has 2 aromatic heterocycles. The fourth-order valence-corrected chi connectivity index (χ4v) is 3.04. The van der Waals surface area contributed by atoms with Gasteiger partial charge in [-0.3, -0.25) is 9.59 Å². The second kappa shape index (κ2) is 8.86. The lowest BCUT2D eigenvalue weighted by atomic mass is 10.1. The van der Waals surface area contributed by atoms with Gasteiger partial charge in [0.1, 0.15) is 5.56 Å². The van der Waals surface area contributed by atoms with E-state index >= 15 is 0 Å². The minimum absolute atomic E-state index is 0.0341. The third kappa shape index (κ3) is 4.49. The first kappa shape index (κ1) is 21.4. The van der Waals surface area contributed by atoms with Gasteiger partial charge < -0.3 is 18.6 Å². The van der Waals surface area contributed by atoms with Gasteiger partial charge in [-0.05, 0) is 26.8 Å². The number of Topliss-reactive ketones (excluding diaryl/α,β-unsaturated/α-hetero) is 1. The summed E-state index contributed by atoms with van der Waals surface area (Å²) in [5.41, 5.74) is 2.72. The van der Waals surface area contributed by atoms with Crippen molar-refractivity contribution in [3.63, 3.8) is 0 Å². The van der Waals surface area contributed by atoms with Gasteiger partial charge in [-0.2, -0.15) is 0 Å². The van der Waals surface area contributed by atoms with Crippen molar-refractivity contribution in [2.24, 2.45) is 0 Å². The SMILES string of the molecule is COC(=O)CCn1c(C)cc(C(=O)COC(=O)c2c(C)noc2C(C)C)c1C. The van der Waals surface area contributed by atoms with Crippen molar-refractivity contribution in [1.29, 1.82) is 0 Å². The molecule has 0 aliphatic heterocycles. The molecule has 0 spiro atoms. The molecular formula is C20H26N2O6. The molecule has 0 aliphatic rings. The number of carbonyl (C=O) groups is 3. The van der Waals surface area contributed by atoms with Crippen molar-refractivity contribution in [3.05, 3.63) is 40.0 Å². The van der Waals surface area contributed by atoms with Crippen LogP contribution in [0.5, 0.6) is 0 Å². The number of aromatic nitrogens is 2. The van der Waals surface area contributed by atoms with E-state index in [9.17, 15) is 14.4 Å². The van der Waals surface area contributed by atoms with E-state index in [1.807, 2.05) is 25.3 Å². The zero-order chi connectivity index (χ0) is 21.0. The minimum atomic E-state index is -0.629. The lowest BCUT2D eigenvalue weighted by Crippen LogP contribution is -2.16. The highest BCUT2D eigenvalue weighted by Crippen LogP contribution is 2.23. The van der Waals surface area contributed by atoms with Crippen molar-refractivity contribution in [3.8, 4) is 0 Å². The molecule has 152 valence electrons. The second-order valence-electron chi connectivity index (χ2n) is 6.92. The number of ether oxygens (including phenoxy) is 2. The highest BCUT2D eigenvalue weighted by Gasteiger charge is 2.25. The molecule has 0 unspecified atom stereocenters. The lowest BCUT2D eigenvalue weighted by molar-refractivity contribution is -0.140. The largest absolute Gasteiger partial charge is 0.469 e. The Morgan fingerprint density at radius 3 is 2.50 bits per heavy atom. The number of methoxy groups -OCH3 is 1. The Bertz CT molecular complexity index is 891. The zero-order valence-electron chi connectivity index (χ0n) is 17.1. The summed E-state index contributed by atoms with van der Waals surface area (Å²) in [6.45, 7) is 9.08. The summed E-state index contributed by atoms with van der Waals surface area (Å²) in [5.74, 6) is -0.857. The summed E-state index contributed by atoms with van der Waals surface area (Å²) in [5, 5.41) is 3.81. The zero-order valence-corrected chi connectivity index (χ0v) is 17.1. The number of esters is 2. The molecule has 0 aliphatic carbocycles. The van der Waals surface area contributed by atoms with E-state index in [1.165, 1.54) is 7.11 Å². The first-order chi connectivity index (χ1) is 13.2. The summed E-state index contributed by atoms with van der Waals surface area (Å²) in [4.78, 5) is 36.4. The highest BCUT2D eigenvalue weighted by molar-refractivity contribution is 6.00. The predicted molar refractivity (Wildman–Crippen MR) is 100 cm³/mol. The number of carbonyl (C=O) groups excluding carboxylic acids is 3. The molecule has 8 heteroatoms. The predicted octanol–water partition coefficient (Wildman–Crippen LogP) is 3.13. The number of rotatable bonds is 8. The van der Waals surface area contributed by atoms with Crippen LogP contribution in [0.15, 0.2) is 10.6 Å². The molecule has 28 heavy (non-hydrogen) atoms. The van der Waals surface area contributed by atoms with E-state index in [0.717, 1.165) is 5.69 Å². The van der Waals surface area contributed by atoms with Crippen molar-refractivity contribution in [2.75, 3.05) is 13.7 Å². The molecule has 0 saturated carbocycles. The normalized spacial score (nSPS) is 11.0. The standard InChI is InChI=1S/C20H26N2O6/c1-11(2)19-18(13(4)21-28-19)20(25)27-10-16(23)15-9-12(3)22(14(15)5)8-7-17(24)26-6/h9,11H,7-8,10H2,1-6H3. The third-order valence-electron chi connectivity index (χ3n) is 4.59. The van der Waals surface area contributed by atoms with Crippen LogP contribution in [0.25, 0.3) is 0 Å². The van der Waals surface area contributed by atoms with Gasteiger partial charge in [0.05, 0.1) is 19.2 Å². The molecule has 0 amide bonds. The molecule has 0 fully saturated rings. The number of aryl methyl sites for hydroxylation is 2. The van der Waals surface area contributed by atoms with Gasteiger partial charge in [0, 0.05) is 29.4 Å². The van der Waals surface area contributed by atoms with Gasteiger partial charge in [0.2, 0.25) is 5.78 Å². The smallest absolute Gasteiger partial charge is 0.344 e. The summed E-state index contributed by atoms with van der Waals surface area (Å²) >= 11 is 0. The van der Waals surface area contributed by atoms with Gasteiger partial charge in [0.25, 0.3) is 0 Å². The van der Waals surface area contributed by atoms with E-state index < -0.39 is 5.97 Å². The molecule has 0 N–H and O–H groups in total. The van der Waals surface area contributed by atoms with Gasteiger partial charge >= 0.3 is 11.9 Å². The molecule has 0 aromatic carbocycles. The fraction of sp³-hybridized carbons (Fsp3) is 0.500. The van der Waals surface area contributed by atoms with Gasteiger partial charge in [-0.15, -0.1) is 0 Å². The number of ketones is 1. The van der Waals surface area contributed by atoms with Crippen LogP contribution in [0.2, 0.25) is 0 Å². The van der Waals surface area contributed by atoms with E-state index in [1.54, 1.807) is 19.9 Å². The van der Waals surface area contributed by atoms with Crippen LogP contribution in [0.3, 0.4) is 0 Å². The van der Waals surface area contributed by atoms with Crippen LogP contribution in [0, 0.1) is 20.8 Å².